The Bertz CT molecular complexity index is 1140. The Morgan fingerprint density at radius 1 is 1.21 bits per heavy atom. The van der Waals surface area contributed by atoms with E-state index in [1.54, 1.807) is 12.3 Å². The van der Waals surface area contributed by atoms with Gasteiger partial charge in [0.25, 0.3) is 5.91 Å². The van der Waals surface area contributed by atoms with Crippen LogP contribution < -0.4 is 16.0 Å². The molecule has 8 nitrogen and oxygen atoms in total. The summed E-state index contributed by atoms with van der Waals surface area (Å²) in [6, 6.07) is 9.06. The van der Waals surface area contributed by atoms with Crippen LogP contribution in [0.2, 0.25) is 0 Å². The number of benzene rings is 1. The van der Waals surface area contributed by atoms with E-state index >= 15 is 0 Å². The maximum atomic E-state index is 14.0. The van der Waals surface area contributed by atoms with Gasteiger partial charge in [-0.05, 0) is 44.2 Å². The van der Waals surface area contributed by atoms with E-state index in [-0.39, 0.29) is 29.0 Å². The first-order valence-corrected chi connectivity index (χ1v) is 10.6. The van der Waals surface area contributed by atoms with Gasteiger partial charge in [0.2, 0.25) is 5.91 Å². The average molecular weight is 455 g/mol. The summed E-state index contributed by atoms with van der Waals surface area (Å²) in [5.41, 5.74) is 0.664. The van der Waals surface area contributed by atoms with Crippen molar-refractivity contribution in [3.05, 3.63) is 71.7 Å². The molecule has 3 N–H and O–H groups in total. The Balaban J connectivity index is 1.43. The minimum absolute atomic E-state index is 0.00133. The summed E-state index contributed by atoms with van der Waals surface area (Å²) in [5, 5.41) is 12.7. The molecular weight excluding hydrogens is 432 g/mol. The molecule has 0 saturated carbocycles. The van der Waals surface area contributed by atoms with Crippen LogP contribution in [-0.4, -0.2) is 41.1 Å². The van der Waals surface area contributed by atoms with Crippen LogP contribution in [0.25, 0.3) is 11.3 Å². The predicted octanol–water partition coefficient (Wildman–Crippen LogP) is 2.60. The van der Waals surface area contributed by atoms with Crippen LogP contribution in [0.5, 0.6) is 0 Å². The van der Waals surface area contributed by atoms with Crippen LogP contribution in [0.15, 0.2) is 53.2 Å². The minimum Gasteiger partial charge on any atom is -0.355 e. The molecule has 1 aliphatic rings. The third-order valence-electron chi connectivity index (χ3n) is 5.56. The lowest BCUT2D eigenvalue weighted by molar-refractivity contribution is -0.126. The number of nitrogens with zero attached hydrogens (tertiary/aromatic N) is 2. The molecule has 3 aromatic rings. The van der Waals surface area contributed by atoms with Gasteiger partial charge in [0, 0.05) is 30.9 Å². The number of carbonyl (C=O) groups is 2. The molecule has 1 saturated heterocycles. The first kappa shape index (κ1) is 22.5. The van der Waals surface area contributed by atoms with Gasteiger partial charge in [-0.3, -0.25) is 14.6 Å². The van der Waals surface area contributed by atoms with Crippen LogP contribution in [0, 0.1) is 17.6 Å². The van der Waals surface area contributed by atoms with Gasteiger partial charge in [-0.25, -0.2) is 8.78 Å². The molecule has 1 aliphatic heterocycles. The van der Waals surface area contributed by atoms with Crippen molar-refractivity contribution < 1.29 is 22.9 Å². The molecule has 1 fully saturated rings. The zero-order chi connectivity index (χ0) is 23.4. The third kappa shape index (κ3) is 5.23. The Morgan fingerprint density at radius 2 is 2.06 bits per heavy atom. The van der Waals surface area contributed by atoms with Crippen LogP contribution in [0.1, 0.15) is 35.6 Å². The van der Waals surface area contributed by atoms with E-state index in [0.29, 0.717) is 19.5 Å². The molecule has 3 unspecified atom stereocenters. The van der Waals surface area contributed by atoms with E-state index in [9.17, 15) is 18.4 Å². The Labute approximate surface area is 188 Å². The summed E-state index contributed by atoms with van der Waals surface area (Å²) in [7, 11) is 0. The van der Waals surface area contributed by atoms with Crippen molar-refractivity contribution >= 4 is 11.8 Å². The van der Waals surface area contributed by atoms with Crippen molar-refractivity contribution in [1.82, 2.24) is 26.1 Å². The van der Waals surface area contributed by atoms with Crippen LogP contribution in [0.4, 0.5) is 8.78 Å². The zero-order valence-electron chi connectivity index (χ0n) is 17.8. The van der Waals surface area contributed by atoms with Crippen molar-refractivity contribution in [1.29, 1.82) is 0 Å². The topological polar surface area (TPSA) is 109 Å². The summed E-state index contributed by atoms with van der Waals surface area (Å²) in [5.74, 6) is -2.80. The minimum atomic E-state index is -0.824. The summed E-state index contributed by atoms with van der Waals surface area (Å²) in [6.45, 7) is 2.88. The van der Waals surface area contributed by atoms with E-state index < -0.39 is 29.5 Å². The Hall–Kier alpha value is -3.66. The third-order valence-corrected chi connectivity index (χ3v) is 5.56. The molecule has 3 atom stereocenters. The normalized spacial score (nSPS) is 19.0. The van der Waals surface area contributed by atoms with E-state index in [1.807, 2.05) is 19.1 Å². The number of pyridine rings is 1. The lowest BCUT2D eigenvalue weighted by Crippen LogP contribution is -2.55. The van der Waals surface area contributed by atoms with Crippen LogP contribution >= 0.6 is 0 Å². The van der Waals surface area contributed by atoms with Crippen LogP contribution in [-0.2, 0) is 4.79 Å². The number of amides is 2. The van der Waals surface area contributed by atoms with E-state index in [2.05, 4.69) is 26.1 Å². The van der Waals surface area contributed by atoms with E-state index in [0.717, 1.165) is 17.8 Å². The van der Waals surface area contributed by atoms with E-state index in [1.165, 1.54) is 12.1 Å². The van der Waals surface area contributed by atoms with Gasteiger partial charge < -0.3 is 20.5 Å². The highest BCUT2D eigenvalue weighted by atomic mass is 19.1. The lowest BCUT2D eigenvalue weighted by atomic mass is 9.92. The second-order valence-corrected chi connectivity index (χ2v) is 7.86. The molecule has 2 amide bonds. The second kappa shape index (κ2) is 9.86. The first-order valence-electron chi connectivity index (χ1n) is 10.6. The standard InChI is InChI=1S/C23H23F2N5O3/c1-13(18-4-2-3-8-27-18)28-22(31)16-12-26-9-7-19(16)29-23(32)20-11-21(33-30-20)15-6-5-14(24)10-17(15)25/h2-6,8,10-11,13,16,19,26H,7,9,12H2,1H3,(H,28,31)(H,29,32). The summed E-state index contributed by atoms with van der Waals surface area (Å²) in [4.78, 5) is 29.9. The van der Waals surface area contributed by atoms with Gasteiger partial charge in [-0.2, -0.15) is 0 Å². The number of aromatic nitrogens is 2. The number of carbonyl (C=O) groups excluding carboxylic acids is 2. The maximum Gasteiger partial charge on any atom is 0.273 e. The highest BCUT2D eigenvalue weighted by molar-refractivity contribution is 5.94. The van der Waals surface area contributed by atoms with Crippen molar-refractivity contribution in [2.45, 2.75) is 25.4 Å². The SMILES string of the molecule is CC(NC(=O)C1CNCCC1NC(=O)c1cc(-c2ccc(F)cc2F)on1)c1ccccn1. The van der Waals surface area contributed by atoms with Gasteiger partial charge >= 0.3 is 0 Å². The fourth-order valence-corrected chi connectivity index (χ4v) is 3.77. The number of piperidine rings is 1. The average Bonchev–Trinajstić information content (AvgIpc) is 3.30. The highest BCUT2D eigenvalue weighted by Crippen LogP contribution is 2.24. The van der Waals surface area contributed by atoms with Crippen LogP contribution in [0.3, 0.4) is 0 Å². The molecule has 10 heteroatoms. The van der Waals surface area contributed by atoms with Gasteiger partial charge in [0.1, 0.15) is 11.6 Å². The number of rotatable bonds is 6. The number of nitrogens with one attached hydrogen (secondary N) is 3. The van der Waals surface area contributed by atoms with Gasteiger partial charge in [-0.15, -0.1) is 0 Å². The van der Waals surface area contributed by atoms with Crippen molar-refractivity contribution in [2.75, 3.05) is 13.1 Å². The molecular formula is C23H23F2N5O3. The summed E-state index contributed by atoms with van der Waals surface area (Å²) >= 11 is 0. The molecule has 0 radical (unpaired) electrons. The predicted molar refractivity (Wildman–Crippen MR) is 115 cm³/mol. The fourth-order valence-electron chi connectivity index (χ4n) is 3.77. The fraction of sp³-hybridized carbons (Fsp3) is 0.304. The molecule has 3 heterocycles. The molecule has 33 heavy (non-hydrogen) atoms. The summed E-state index contributed by atoms with van der Waals surface area (Å²) in [6.07, 6.45) is 2.20. The van der Waals surface area contributed by atoms with Gasteiger partial charge in [0.05, 0.1) is 23.2 Å². The largest absolute Gasteiger partial charge is 0.355 e. The molecule has 1 aromatic carbocycles. The molecule has 0 bridgehead atoms. The first-order chi connectivity index (χ1) is 15.9. The molecule has 2 aromatic heterocycles. The zero-order valence-corrected chi connectivity index (χ0v) is 17.8. The molecule has 0 spiro atoms. The second-order valence-electron chi connectivity index (χ2n) is 7.86. The number of halogens is 2. The number of hydrogen-bond acceptors (Lipinski definition) is 6. The monoisotopic (exact) mass is 455 g/mol. The lowest BCUT2D eigenvalue weighted by Gasteiger charge is -2.32. The van der Waals surface area contributed by atoms with Crippen molar-refractivity contribution in [3.8, 4) is 11.3 Å². The Kier molecular flexibility index (Phi) is 6.74. The molecule has 4 rings (SSSR count). The van der Waals surface area contributed by atoms with Gasteiger partial charge in [0.15, 0.2) is 11.5 Å². The molecule has 0 aliphatic carbocycles. The van der Waals surface area contributed by atoms with Crippen molar-refractivity contribution in [3.63, 3.8) is 0 Å². The highest BCUT2D eigenvalue weighted by Gasteiger charge is 2.33. The van der Waals surface area contributed by atoms with Gasteiger partial charge in [-0.1, -0.05) is 11.2 Å². The smallest absolute Gasteiger partial charge is 0.273 e. The number of hydrogen-bond donors (Lipinski definition) is 3. The molecule has 172 valence electrons. The maximum absolute atomic E-state index is 14.0. The summed E-state index contributed by atoms with van der Waals surface area (Å²) < 4.78 is 32.2. The Morgan fingerprint density at radius 3 is 2.82 bits per heavy atom. The van der Waals surface area contributed by atoms with E-state index in [4.69, 9.17) is 4.52 Å². The quantitative estimate of drug-likeness (QED) is 0.527. The van der Waals surface area contributed by atoms with Crippen molar-refractivity contribution in [2.24, 2.45) is 5.92 Å².